The molecular weight excluding hydrogens is 174 g/mol. The predicted octanol–water partition coefficient (Wildman–Crippen LogP) is 2.32. The molecule has 1 aromatic rings. The maximum absolute atomic E-state index is 5.57. The fourth-order valence-electron chi connectivity index (χ4n) is 1.62. The highest BCUT2D eigenvalue weighted by molar-refractivity contribution is 5.37. The second-order valence-corrected chi connectivity index (χ2v) is 3.76. The normalized spacial score (nSPS) is 10.6. The van der Waals surface area contributed by atoms with Gasteiger partial charge >= 0.3 is 0 Å². The van der Waals surface area contributed by atoms with Crippen molar-refractivity contribution in [2.45, 2.75) is 26.2 Å². The Morgan fingerprint density at radius 2 is 2.07 bits per heavy atom. The first-order chi connectivity index (χ1) is 6.69. The van der Waals surface area contributed by atoms with Crippen LogP contribution in [0.4, 0.5) is 0 Å². The maximum atomic E-state index is 5.57. The van der Waals surface area contributed by atoms with E-state index in [4.69, 9.17) is 10.5 Å². The molecule has 2 nitrogen and oxygen atoms in total. The molecule has 14 heavy (non-hydrogen) atoms. The summed E-state index contributed by atoms with van der Waals surface area (Å²) < 4.78 is 5.21. The summed E-state index contributed by atoms with van der Waals surface area (Å²) in [5, 5.41) is 0. The minimum Gasteiger partial charge on any atom is -0.497 e. The number of benzene rings is 1. The van der Waals surface area contributed by atoms with Gasteiger partial charge in [-0.1, -0.05) is 19.9 Å². The van der Waals surface area contributed by atoms with E-state index in [1.165, 1.54) is 11.1 Å². The molecular formula is C12H19NO. The van der Waals surface area contributed by atoms with Crippen LogP contribution in [-0.4, -0.2) is 13.7 Å². The van der Waals surface area contributed by atoms with E-state index in [0.717, 1.165) is 12.2 Å². The molecule has 2 heteroatoms. The lowest BCUT2D eigenvalue weighted by Gasteiger charge is -2.13. The van der Waals surface area contributed by atoms with Crippen molar-refractivity contribution < 1.29 is 4.74 Å². The topological polar surface area (TPSA) is 35.2 Å². The molecule has 0 amide bonds. The zero-order valence-corrected chi connectivity index (χ0v) is 9.21. The summed E-state index contributed by atoms with van der Waals surface area (Å²) in [6.45, 7) is 5.08. The molecule has 0 spiro atoms. The van der Waals surface area contributed by atoms with Gasteiger partial charge in [0.05, 0.1) is 7.11 Å². The van der Waals surface area contributed by atoms with E-state index in [2.05, 4.69) is 26.0 Å². The van der Waals surface area contributed by atoms with Crippen molar-refractivity contribution in [3.8, 4) is 5.75 Å². The SMILES string of the molecule is COc1ccc(CCN)c(C(C)C)c1. The average Bonchev–Trinajstić information content (AvgIpc) is 2.18. The van der Waals surface area contributed by atoms with E-state index in [9.17, 15) is 0 Å². The summed E-state index contributed by atoms with van der Waals surface area (Å²) in [6, 6.07) is 6.22. The Morgan fingerprint density at radius 3 is 2.57 bits per heavy atom. The molecule has 0 saturated heterocycles. The van der Waals surface area contributed by atoms with Crippen molar-refractivity contribution in [3.05, 3.63) is 29.3 Å². The zero-order valence-electron chi connectivity index (χ0n) is 9.21. The van der Waals surface area contributed by atoms with E-state index in [0.29, 0.717) is 12.5 Å². The highest BCUT2D eigenvalue weighted by atomic mass is 16.5. The molecule has 0 aliphatic carbocycles. The van der Waals surface area contributed by atoms with Gasteiger partial charge in [-0.25, -0.2) is 0 Å². The van der Waals surface area contributed by atoms with Gasteiger partial charge in [0.1, 0.15) is 5.75 Å². The van der Waals surface area contributed by atoms with Crippen molar-refractivity contribution in [1.82, 2.24) is 0 Å². The largest absolute Gasteiger partial charge is 0.497 e. The molecule has 78 valence electrons. The van der Waals surface area contributed by atoms with Crippen molar-refractivity contribution >= 4 is 0 Å². The first-order valence-electron chi connectivity index (χ1n) is 5.06. The minimum atomic E-state index is 0.520. The van der Waals surface area contributed by atoms with Gasteiger partial charge in [0.25, 0.3) is 0 Å². The Hall–Kier alpha value is -1.02. The Labute approximate surface area is 86.1 Å². The fourth-order valence-corrected chi connectivity index (χ4v) is 1.62. The van der Waals surface area contributed by atoms with E-state index >= 15 is 0 Å². The monoisotopic (exact) mass is 193 g/mol. The van der Waals surface area contributed by atoms with Gasteiger partial charge < -0.3 is 10.5 Å². The summed E-state index contributed by atoms with van der Waals surface area (Å²) in [7, 11) is 1.70. The standard InChI is InChI=1S/C12H19NO/c1-9(2)12-8-11(14-3)5-4-10(12)6-7-13/h4-5,8-9H,6-7,13H2,1-3H3. The van der Waals surface area contributed by atoms with Crippen molar-refractivity contribution in [1.29, 1.82) is 0 Å². The summed E-state index contributed by atoms with van der Waals surface area (Å²) in [5.41, 5.74) is 8.25. The zero-order chi connectivity index (χ0) is 10.6. The first-order valence-corrected chi connectivity index (χ1v) is 5.06. The number of hydrogen-bond acceptors (Lipinski definition) is 2. The number of rotatable bonds is 4. The predicted molar refractivity (Wildman–Crippen MR) is 59.8 cm³/mol. The number of nitrogens with two attached hydrogens (primary N) is 1. The quantitative estimate of drug-likeness (QED) is 0.796. The Bertz CT molecular complexity index is 294. The molecule has 0 aliphatic heterocycles. The van der Waals surface area contributed by atoms with Crippen LogP contribution in [-0.2, 0) is 6.42 Å². The van der Waals surface area contributed by atoms with Crippen LogP contribution in [0.5, 0.6) is 5.75 Å². The number of ether oxygens (including phenoxy) is 1. The highest BCUT2D eigenvalue weighted by Crippen LogP contribution is 2.24. The molecule has 2 N–H and O–H groups in total. The second kappa shape index (κ2) is 5.01. The lowest BCUT2D eigenvalue weighted by Crippen LogP contribution is -2.06. The molecule has 0 aromatic heterocycles. The van der Waals surface area contributed by atoms with Crippen LogP contribution in [0, 0.1) is 0 Å². The molecule has 0 saturated carbocycles. The summed E-state index contributed by atoms with van der Waals surface area (Å²) >= 11 is 0. The second-order valence-electron chi connectivity index (χ2n) is 3.76. The van der Waals surface area contributed by atoms with E-state index in [1.807, 2.05) is 6.07 Å². The number of methoxy groups -OCH3 is 1. The smallest absolute Gasteiger partial charge is 0.119 e. The molecule has 0 heterocycles. The Morgan fingerprint density at radius 1 is 1.36 bits per heavy atom. The molecule has 0 bridgehead atoms. The van der Waals surface area contributed by atoms with Crippen LogP contribution in [0.1, 0.15) is 30.9 Å². The average molecular weight is 193 g/mol. The Balaban J connectivity index is 3.03. The van der Waals surface area contributed by atoms with Crippen LogP contribution < -0.4 is 10.5 Å². The third kappa shape index (κ3) is 2.48. The molecule has 0 radical (unpaired) electrons. The van der Waals surface area contributed by atoms with E-state index in [-0.39, 0.29) is 0 Å². The third-order valence-electron chi connectivity index (χ3n) is 2.39. The van der Waals surface area contributed by atoms with E-state index in [1.54, 1.807) is 7.11 Å². The van der Waals surface area contributed by atoms with E-state index < -0.39 is 0 Å². The molecule has 0 aliphatic rings. The van der Waals surface area contributed by atoms with Gasteiger partial charge in [-0.2, -0.15) is 0 Å². The lowest BCUT2D eigenvalue weighted by atomic mass is 9.95. The minimum absolute atomic E-state index is 0.520. The van der Waals surface area contributed by atoms with Crippen molar-refractivity contribution in [2.75, 3.05) is 13.7 Å². The van der Waals surface area contributed by atoms with Crippen LogP contribution >= 0.6 is 0 Å². The van der Waals surface area contributed by atoms with Gasteiger partial charge in [0, 0.05) is 0 Å². The molecule has 0 atom stereocenters. The van der Waals surface area contributed by atoms with Crippen molar-refractivity contribution in [3.63, 3.8) is 0 Å². The van der Waals surface area contributed by atoms with Gasteiger partial charge in [0.2, 0.25) is 0 Å². The summed E-state index contributed by atoms with van der Waals surface area (Å²) in [6.07, 6.45) is 0.942. The molecule has 0 unspecified atom stereocenters. The first kappa shape index (κ1) is 11.1. The Kier molecular flexibility index (Phi) is 3.96. The van der Waals surface area contributed by atoms with Gasteiger partial charge in [-0.15, -0.1) is 0 Å². The lowest BCUT2D eigenvalue weighted by molar-refractivity contribution is 0.414. The van der Waals surface area contributed by atoms with Crippen molar-refractivity contribution in [2.24, 2.45) is 5.73 Å². The third-order valence-corrected chi connectivity index (χ3v) is 2.39. The summed E-state index contributed by atoms with van der Waals surface area (Å²) in [5.74, 6) is 1.45. The number of hydrogen-bond donors (Lipinski definition) is 1. The van der Waals surface area contributed by atoms with Crippen LogP contribution in [0.2, 0.25) is 0 Å². The molecule has 0 fully saturated rings. The van der Waals surface area contributed by atoms with Gasteiger partial charge in [-0.3, -0.25) is 0 Å². The highest BCUT2D eigenvalue weighted by Gasteiger charge is 2.07. The molecule has 1 rings (SSSR count). The van der Waals surface area contributed by atoms with Gasteiger partial charge in [-0.05, 0) is 42.1 Å². The maximum Gasteiger partial charge on any atom is 0.119 e. The van der Waals surface area contributed by atoms with Crippen LogP contribution in [0.25, 0.3) is 0 Å². The van der Waals surface area contributed by atoms with Gasteiger partial charge in [0.15, 0.2) is 0 Å². The van der Waals surface area contributed by atoms with Crippen LogP contribution in [0.3, 0.4) is 0 Å². The molecule has 1 aromatic carbocycles. The fraction of sp³-hybridized carbons (Fsp3) is 0.500. The summed E-state index contributed by atoms with van der Waals surface area (Å²) in [4.78, 5) is 0. The van der Waals surface area contributed by atoms with Crippen LogP contribution in [0.15, 0.2) is 18.2 Å².